The number of hydrogen-bond donors (Lipinski definition) is 1. The SMILES string of the molecule is CC(C)(C)OC(=O)[C@H]1/C(=C\CO)CN1C(=O)OC(C)(C)C. The van der Waals surface area contributed by atoms with Crippen LogP contribution in [-0.4, -0.2) is 52.5 Å². The van der Waals surface area contributed by atoms with Gasteiger partial charge in [0, 0.05) is 6.54 Å². The lowest BCUT2D eigenvalue weighted by atomic mass is 9.95. The van der Waals surface area contributed by atoms with Crippen LogP contribution < -0.4 is 0 Å². The van der Waals surface area contributed by atoms with E-state index < -0.39 is 29.3 Å². The van der Waals surface area contributed by atoms with Crippen molar-refractivity contribution < 1.29 is 24.2 Å². The van der Waals surface area contributed by atoms with Crippen LogP contribution in [0.25, 0.3) is 0 Å². The van der Waals surface area contributed by atoms with Crippen molar-refractivity contribution >= 4 is 12.1 Å². The van der Waals surface area contributed by atoms with Crippen LogP contribution in [0.2, 0.25) is 0 Å². The Hall–Kier alpha value is -1.56. The third kappa shape index (κ3) is 5.04. The first-order chi connectivity index (χ1) is 9.44. The molecule has 0 saturated carbocycles. The minimum atomic E-state index is -0.814. The third-order valence-corrected chi connectivity index (χ3v) is 2.63. The number of aliphatic hydroxyl groups excluding tert-OH is 1. The molecule has 6 heteroatoms. The van der Waals surface area contributed by atoms with Crippen molar-refractivity contribution in [3.8, 4) is 0 Å². The Bertz CT molecular complexity index is 442. The molecule has 0 radical (unpaired) electrons. The topological polar surface area (TPSA) is 76.1 Å². The van der Waals surface area contributed by atoms with Gasteiger partial charge in [-0.15, -0.1) is 0 Å². The van der Waals surface area contributed by atoms with Crippen molar-refractivity contribution in [2.24, 2.45) is 0 Å². The summed E-state index contributed by atoms with van der Waals surface area (Å²) >= 11 is 0. The van der Waals surface area contributed by atoms with Crippen LogP contribution in [0.4, 0.5) is 4.79 Å². The van der Waals surface area contributed by atoms with Crippen molar-refractivity contribution in [3.05, 3.63) is 11.6 Å². The Morgan fingerprint density at radius 1 is 1.19 bits per heavy atom. The third-order valence-electron chi connectivity index (χ3n) is 2.63. The van der Waals surface area contributed by atoms with Gasteiger partial charge in [-0.25, -0.2) is 9.59 Å². The largest absolute Gasteiger partial charge is 0.458 e. The molecule has 0 aromatic rings. The lowest BCUT2D eigenvalue weighted by Crippen LogP contribution is -2.59. The van der Waals surface area contributed by atoms with Crippen LogP contribution >= 0.6 is 0 Å². The number of hydrogen-bond acceptors (Lipinski definition) is 5. The molecule has 1 N–H and O–H groups in total. The van der Waals surface area contributed by atoms with Crippen molar-refractivity contribution in [3.63, 3.8) is 0 Å². The monoisotopic (exact) mass is 299 g/mol. The number of carbonyl (C=O) groups excluding carboxylic acids is 2. The summed E-state index contributed by atoms with van der Waals surface area (Å²) in [5, 5.41) is 8.98. The molecule has 0 aromatic carbocycles. The fraction of sp³-hybridized carbons (Fsp3) is 0.733. The average Bonchev–Trinajstić information content (AvgIpc) is 2.17. The molecular formula is C15H25NO5. The Labute approximate surface area is 125 Å². The molecule has 0 bridgehead atoms. The molecule has 1 rings (SSSR count). The van der Waals surface area contributed by atoms with E-state index in [1.165, 1.54) is 11.0 Å². The second-order valence-corrected chi connectivity index (χ2v) is 7.01. The normalized spacial score (nSPS) is 21.0. The van der Waals surface area contributed by atoms with E-state index in [1.807, 2.05) is 0 Å². The molecule has 1 heterocycles. The van der Waals surface area contributed by atoms with Gasteiger partial charge in [0.05, 0.1) is 6.61 Å². The first-order valence-electron chi connectivity index (χ1n) is 6.97. The summed E-state index contributed by atoms with van der Waals surface area (Å²) in [6, 6.07) is -0.814. The summed E-state index contributed by atoms with van der Waals surface area (Å²) in [6.07, 6.45) is 0.962. The summed E-state index contributed by atoms with van der Waals surface area (Å²) in [6.45, 7) is 10.6. The summed E-state index contributed by atoms with van der Waals surface area (Å²) in [5.41, 5.74) is -0.611. The number of carbonyl (C=O) groups is 2. The van der Waals surface area contributed by atoms with Crippen LogP contribution in [0.1, 0.15) is 41.5 Å². The van der Waals surface area contributed by atoms with Gasteiger partial charge in [-0.2, -0.15) is 0 Å². The Balaban J connectivity index is 2.85. The predicted molar refractivity (Wildman–Crippen MR) is 77.7 cm³/mol. The molecule has 1 aliphatic rings. The summed E-state index contributed by atoms with van der Waals surface area (Å²) in [5.74, 6) is -0.515. The van der Waals surface area contributed by atoms with E-state index in [0.29, 0.717) is 5.57 Å². The van der Waals surface area contributed by atoms with E-state index in [1.54, 1.807) is 41.5 Å². The van der Waals surface area contributed by atoms with Gasteiger partial charge in [-0.3, -0.25) is 4.90 Å². The standard InChI is InChI=1S/C15H25NO5/c1-14(2,3)20-12(18)11-10(7-8-17)9-16(11)13(19)21-15(4,5)6/h7,11,17H,8-9H2,1-6H3/b10-7-/t11-/m1/s1. The van der Waals surface area contributed by atoms with Crippen molar-refractivity contribution in [2.45, 2.75) is 58.8 Å². The van der Waals surface area contributed by atoms with Gasteiger partial charge in [-0.05, 0) is 47.1 Å². The number of likely N-dealkylation sites (tertiary alicyclic amines) is 1. The van der Waals surface area contributed by atoms with Crippen molar-refractivity contribution in [1.82, 2.24) is 4.90 Å². The molecular weight excluding hydrogens is 274 g/mol. The molecule has 0 spiro atoms. The molecule has 21 heavy (non-hydrogen) atoms. The van der Waals surface area contributed by atoms with Crippen molar-refractivity contribution in [1.29, 1.82) is 0 Å². The maximum absolute atomic E-state index is 12.2. The van der Waals surface area contributed by atoms with Crippen molar-refractivity contribution in [2.75, 3.05) is 13.2 Å². The van der Waals surface area contributed by atoms with E-state index >= 15 is 0 Å². The number of esters is 1. The maximum atomic E-state index is 12.2. The molecule has 0 aliphatic carbocycles. The molecule has 1 saturated heterocycles. The zero-order chi connectivity index (χ0) is 16.4. The smallest absolute Gasteiger partial charge is 0.411 e. The van der Waals surface area contributed by atoms with Gasteiger partial charge < -0.3 is 14.6 Å². The number of ether oxygens (including phenoxy) is 2. The van der Waals surface area contributed by atoms with E-state index in [2.05, 4.69) is 0 Å². The minimum Gasteiger partial charge on any atom is -0.458 e. The number of amides is 1. The summed E-state index contributed by atoms with van der Waals surface area (Å²) in [7, 11) is 0. The molecule has 1 amide bonds. The molecule has 1 atom stereocenters. The van der Waals surface area contributed by atoms with Gasteiger partial charge in [0.2, 0.25) is 0 Å². The molecule has 120 valence electrons. The van der Waals surface area contributed by atoms with E-state index in [0.717, 1.165) is 0 Å². The fourth-order valence-electron chi connectivity index (χ4n) is 1.88. The zero-order valence-electron chi connectivity index (χ0n) is 13.6. The highest BCUT2D eigenvalue weighted by Crippen LogP contribution is 2.28. The predicted octanol–water partition coefficient (Wildman–Crippen LogP) is 1.87. The lowest BCUT2D eigenvalue weighted by Gasteiger charge is -2.42. The zero-order valence-corrected chi connectivity index (χ0v) is 13.6. The first kappa shape index (κ1) is 17.5. The Kier molecular flexibility index (Phi) is 5.04. The van der Waals surface area contributed by atoms with E-state index in [9.17, 15) is 9.59 Å². The first-order valence-corrected chi connectivity index (χ1v) is 6.97. The molecule has 1 aliphatic heterocycles. The highest BCUT2D eigenvalue weighted by molar-refractivity contribution is 5.88. The van der Waals surface area contributed by atoms with E-state index in [4.69, 9.17) is 14.6 Å². The Morgan fingerprint density at radius 3 is 2.14 bits per heavy atom. The lowest BCUT2D eigenvalue weighted by molar-refractivity contribution is -0.162. The summed E-state index contributed by atoms with van der Waals surface area (Å²) in [4.78, 5) is 25.6. The number of aliphatic hydroxyl groups is 1. The van der Waals surface area contributed by atoms with Gasteiger partial charge in [0.1, 0.15) is 11.2 Å². The number of rotatable bonds is 2. The molecule has 0 aromatic heterocycles. The fourth-order valence-corrected chi connectivity index (χ4v) is 1.88. The highest BCUT2D eigenvalue weighted by atomic mass is 16.6. The van der Waals surface area contributed by atoms with Gasteiger partial charge in [0.25, 0.3) is 0 Å². The van der Waals surface area contributed by atoms with Crippen LogP contribution in [-0.2, 0) is 14.3 Å². The van der Waals surface area contributed by atoms with Gasteiger partial charge in [0.15, 0.2) is 6.04 Å². The molecule has 1 fully saturated rings. The second kappa shape index (κ2) is 6.05. The van der Waals surface area contributed by atoms with Crippen LogP contribution in [0.5, 0.6) is 0 Å². The maximum Gasteiger partial charge on any atom is 0.411 e. The van der Waals surface area contributed by atoms with Crippen LogP contribution in [0.3, 0.4) is 0 Å². The molecule has 6 nitrogen and oxygen atoms in total. The van der Waals surface area contributed by atoms with E-state index in [-0.39, 0.29) is 13.2 Å². The quantitative estimate of drug-likeness (QED) is 0.622. The van der Waals surface area contributed by atoms with Crippen LogP contribution in [0, 0.1) is 0 Å². The highest BCUT2D eigenvalue weighted by Gasteiger charge is 2.45. The number of nitrogens with zero attached hydrogens (tertiary/aromatic N) is 1. The molecule has 0 unspecified atom stereocenters. The summed E-state index contributed by atoms with van der Waals surface area (Å²) < 4.78 is 10.6. The Morgan fingerprint density at radius 2 is 1.71 bits per heavy atom. The second-order valence-electron chi connectivity index (χ2n) is 7.01. The minimum absolute atomic E-state index is 0.184. The van der Waals surface area contributed by atoms with Crippen LogP contribution in [0.15, 0.2) is 11.6 Å². The van der Waals surface area contributed by atoms with Gasteiger partial charge >= 0.3 is 12.1 Å². The van der Waals surface area contributed by atoms with Gasteiger partial charge in [-0.1, -0.05) is 6.08 Å². The average molecular weight is 299 g/mol.